The Kier molecular flexibility index (Phi) is 11.5. The molecule has 56 heavy (non-hydrogen) atoms. The van der Waals surface area contributed by atoms with Crippen LogP contribution in [0.3, 0.4) is 0 Å². The number of nitrogens with zero attached hydrogens (tertiary/aromatic N) is 1. The highest BCUT2D eigenvalue weighted by Gasteiger charge is 2.76. The third-order valence-corrected chi connectivity index (χ3v) is 15.8. The van der Waals surface area contributed by atoms with Crippen LogP contribution < -0.4 is 17.0 Å². The number of morpholine rings is 1. The molecule has 4 aliphatic carbocycles. The number of carbonyl (C=O) groups is 3. The molecular formula is C44H60BrNO10. The van der Waals surface area contributed by atoms with Crippen molar-refractivity contribution in [3.05, 3.63) is 59.7 Å². The second-order valence-electron chi connectivity index (χ2n) is 18.3. The zero-order valence-corrected chi connectivity index (χ0v) is 34.9. The number of ketones is 2. The van der Waals surface area contributed by atoms with Crippen LogP contribution in [0.25, 0.3) is 0 Å². The number of Topliss-reactive ketones (excluding diaryl/α,β-unsaturated/α-hetero) is 1. The Morgan fingerprint density at radius 1 is 1.04 bits per heavy atom. The molecule has 2 bridgehead atoms. The van der Waals surface area contributed by atoms with Gasteiger partial charge in [-0.05, 0) is 68.6 Å². The van der Waals surface area contributed by atoms with Crippen LogP contribution in [0.1, 0.15) is 90.5 Å². The van der Waals surface area contributed by atoms with Gasteiger partial charge in [0.15, 0.2) is 23.5 Å². The van der Waals surface area contributed by atoms with Gasteiger partial charge in [0, 0.05) is 29.6 Å². The molecule has 12 heteroatoms. The number of ether oxygens (including phenoxy) is 4. The standard InChI is InChI=1S/C25H34O6.C19H26NO4.BrH/c1-4-5-21-30-20-11-17-16-7-6-14-10-15(27)8-9-23(14,2)22(16)18(28)12-24(17,3)25(20,31-21)19(29)13-26;1-3-20(2)15-9-13(10-16(20)18-17(15)24-18)23-19(22)14(11-21)12-7-5-4-6-8-12;/h8-10,16-18,20-22,26,28H,4-7,11-13H2,1-3H3;4-8,13-18,21H,3,9-11H2,1-2H3;1H/q;+1;/p-1/t16-,17-,18-,20+,21+,22+,23-,24-,25+;13?,14-,15-,16+,17-,18+,20?;/m01./s1. The number of hydrogen-bond acceptors (Lipinski definition) is 10. The molecule has 4 saturated heterocycles. The fourth-order valence-electron chi connectivity index (χ4n) is 13.0. The smallest absolute Gasteiger partial charge is 0.316 e. The zero-order valence-electron chi connectivity index (χ0n) is 33.3. The number of rotatable bonds is 9. The Morgan fingerprint density at radius 3 is 2.36 bits per heavy atom. The van der Waals surface area contributed by atoms with E-state index in [9.17, 15) is 29.7 Å². The van der Waals surface area contributed by atoms with E-state index in [0.29, 0.717) is 43.6 Å². The van der Waals surface area contributed by atoms with Gasteiger partial charge in [-0.25, -0.2) is 0 Å². The maximum atomic E-state index is 13.2. The quantitative estimate of drug-likeness (QED) is 0.188. The van der Waals surface area contributed by atoms with E-state index in [1.807, 2.05) is 36.4 Å². The topological polar surface area (TPSA) is 152 Å². The molecule has 0 aromatic heterocycles. The van der Waals surface area contributed by atoms with Crippen LogP contribution >= 0.6 is 0 Å². The molecule has 2 unspecified atom stereocenters. The summed E-state index contributed by atoms with van der Waals surface area (Å²) < 4.78 is 25.3. The van der Waals surface area contributed by atoms with Crippen LogP contribution in [-0.2, 0) is 33.3 Å². The molecule has 1 aromatic carbocycles. The first kappa shape index (κ1) is 41.9. The first-order chi connectivity index (χ1) is 26.3. The van der Waals surface area contributed by atoms with E-state index in [2.05, 4.69) is 34.7 Å². The average Bonchev–Trinajstić information content (AvgIpc) is 3.77. The van der Waals surface area contributed by atoms with Gasteiger partial charge in [0.25, 0.3) is 0 Å². The summed E-state index contributed by atoms with van der Waals surface area (Å²) in [5.41, 5.74) is -0.238. The molecule has 9 rings (SSSR count). The van der Waals surface area contributed by atoms with Crippen molar-refractivity contribution in [3.8, 4) is 0 Å². The molecular weight excluding hydrogens is 782 g/mol. The summed E-state index contributed by atoms with van der Waals surface area (Å²) in [7, 11) is 2.31. The van der Waals surface area contributed by atoms with Crippen molar-refractivity contribution in [1.82, 2.24) is 0 Å². The van der Waals surface area contributed by atoms with Crippen LogP contribution in [0.4, 0.5) is 0 Å². The number of piperidine rings is 1. The van der Waals surface area contributed by atoms with Crippen molar-refractivity contribution in [1.29, 1.82) is 0 Å². The normalized spacial score (nSPS) is 45.3. The summed E-state index contributed by atoms with van der Waals surface area (Å²) in [6.07, 6.45) is 10.7. The average molecular weight is 843 g/mol. The van der Waals surface area contributed by atoms with E-state index in [4.69, 9.17) is 18.9 Å². The van der Waals surface area contributed by atoms with Gasteiger partial charge in [0.1, 0.15) is 42.9 Å². The van der Waals surface area contributed by atoms with Crippen LogP contribution in [0.2, 0.25) is 0 Å². The highest BCUT2D eigenvalue weighted by atomic mass is 79.9. The first-order valence-corrected chi connectivity index (χ1v) is 20.8. The monoisotopic (exact) mass is 841 g/mol. The number of benzene rings is 1. The Morgan fingerprint density at radius 2 is 1.73 bits per heavy atom. The first-order valence-electron chi connectivity index (χ1n) is 20.8. The largest absolute Gasteiger partial charge is 1.00 e. The second-order valence-corrected chi connectivity index (χ2v) is 18.3. The highest BCUT2D eigenvalue weighted by molar-refractivity contribution is 6.01. The van der Waals surface area contributed by atoms with Gasteiger partial charge in [-0.3, -0.25) is 14.4 Å². The maximum Gasteiger partial charge on any atom is 0.316 e. The van der Waals surface area contributed by atoms with E-state index in [1.54, 1.807) is 12.2 Å². The Labute approximate surface area is 341 Å². The molecule has 16 atom stereocenters. The van der Waals surface area contributed by atoms with E-state index in [0.717, 1.165) is 54.3 Å². The Hall–Kier alpha value is -2.29. The van der Waals surface area contributed by atoms with Gasteiger partial charge in [-0.15, -0.1) is 0 Å². The molecule has 8 aliphatic rings. The summed E-state index contributed by atoms with van der Waals surface area (Å²) in [6.45, 7) is 8.77. The molecule has 308 valence electrons. The maximum absolute atomic E-state index is 13.2. The minimum Gasteiger partial charge on any atom is -1.00 e. The number of carbonyl (C=O) groups excluding carboxylic acids is 3. The number of allylic oxidation sites excluding steroid dienone is 4. The Bertz CT molecular complexity index is 1720. The van der Waals surface area contributed by atoms with Crippen molar-refractivity contribution >= 4 is 17.5 Å². The number of epoxide rings is 1. The van der Waals surface area contributed by atoms with Crippen molar-refractivity contribution in [2.45, 2.75) is 139 Å². The van der Waals surface area contributed by atoms with Gasteiger partial charge >= 0.3 is 5.97 Å². The minimum absolute atomic E-state index is 0. The predicted molar refractivity (Wildman–Crippen MR) is 201 cm³/mol. The molecule has 3 N–H and O–H groups in total. The van der Waals surface area contributed by atoms with Gasteiger partial charge < -0.3 is 55.7 Å². The van der Waals surface area contributed by atoms with E-state index in [-0.39, 0.29) is 70.4 Å². The molecule has 11 nitrogen and oxygen atoms in total. The lowest BCUT2D eigenvalue weighted by atomic mass is 9.46. The molecule has 0 spiro atoms. The SMILES string of the molecule is CCC[C@@H]1O[C@@H]2C[C@H]3[C@@H]4CCC5=CC(=O)C=C[C@]5(C)[C@H]4[C@@H](O)C[C@]3(C)[C@]2(C(=O)CO)O1.CC[N+]1(C)[C@@H]2CC(OC(=O)[C@H](CO)c3ccccc3)C[C@H]1[C@@H]1O[C@@H]12.[Br-]. The van der Waals surface area contributed by atoms with Crippen LogP contribution in [-0.4, -0.2) is 119 Å². The summed E-state index contributed by atoms with van der Waals surface area (Å²) in [6, 6.07) is 10.2. The summed E-state index contributed by atoms with van der Waals surface area (Å²) in [5, 5.41) is 31.1. The third kappa shape index (κ3) is 6.26. The lowest BCUT2D eigenvalue weighted by molar-refractivity contribution is -0.954. The number of quaternary nitrogens is 1. The summed E-state index contributed by atoms with van der Waals surface area (Å²) in [4.78, 5) is 37.8. The van der Waals surface area contributed by atoms with Gasteiger partial charge in [-0.2, -0.15) is 0 Å². The van der Waals surface area contributed by atoms with Crippen molar-refractivity contribution < 1.29 is 70.1 Å². The molecule has 4 aliphatic heterocycles. The molecule has 0 amide bonds. The lowest BCUT2D eigenvalue weighted by Crippen LogP contribution is -3.00. The van der Waals surface area contributed by atoms with E-state index in [1.165, 1.54) is 0 Å². The third-order valence-electron chi connectivity index (χ3n) is 15.8. The van der Waals surface area contributed by atoms with Crippen LogP contribution in [0.5, 0.6) is 0 Å². The number of hydrogen-bond donors (Lipinski definition) is 3. The number of aliphatic hydroxyl groups is 3. The summed E-state index contributed by atoms with van der Waals surface area (Å²) in [5.74, 6) is -0.876. The van der Waals surface area contributed by atoms with Gasteiger partial charge in [-0.1, -0.05) is 69.2 Å². The zero-order chi connectivity index (χ0) is 39.1. The van der Waals surface area contributed by atoms with Crippen LogP contribution in [0.15, 0.2) is 54.1 Å². The van der Waals surface area contributed by atoms with Gasteiger partial charge in [0.2, 0.25) is 0 Å². The highest BCUT2D eigenvalue weighted by Crippen LogP contribution is 2.69. The number of aliphatic hydroxyl groups excluding tert-OH is 3. The molecule has 0 radical (unpaired) electrons. The van der Waals surface area contributed by atoms with Crippen molar-refractivity contribution in [2.75, 3.05) is 26.8 Å². The van der Waals surface area contributed by atoms with Gasteiger partial charge in [0.05, 0.1) is 32.4 Å². The number of esters is 1. The lowest BCUT2D eigenvalue weighted by Gasteiger charge is -2.59. The molecule has 3 saturated carbocycles. The molecule has 1 aromatic rings. The number of halogens is 1. The Balaban J connectivity index is 0.000000174. The number of likely N-dealkylation sites (N-methyl/N-ethyl adjacent to an activating group) is 1. The van der Waals surface area contributed by atoms with E-state index >= 15 is 0 Å². The van der Waals surface area contributed by atoms with E-state index < -0.39 is 42.0 Å². The summed E-state index contributed by atoms with van der Waals surface area (Å²) >= 11 is 0. The minimum atomic E-state index is -1.20. The fourth-order valence-corrected chi connectivity index (χ4v) is 13.0. The predicted octanol–water partition coefficient (Wildman–Crippen LogP) is 1.17. The second kappa shape index (κ2) is 15.4. The number of fused-ring (bicyclic) bond motifs is 12. The van der Waals surface area contributed by atoms with Crippen molar-refractivity contribution in [2.24, 2.45) is 28.6 Å². The van der Waals surface area contributed by atoms with Crippen LogP contribution in [0, 0.1) is 28.6 Å². The molecule has 7 fully saturated rings. The fraction of sp³-hybridized carbons (Fsp3) is 0.705. The van der Waals surface area contributed by atoms with Crippen molar-refractivity contribution in [3.63, 3.8) is 0 Å². The molecule has 4 heterocycles.